The third-order valence-corrected chi connectivity index (χ3v) is 1.36. The first kappa shape index (κ1) is 6.27. The fraction of sp³-hybridized carbons (Fsp3) is 0.286. The van der Waals surface area contributed by atoms with E-state index in [2.05, 4.69) is 9.47 Å². The predicted octanol–water partition coefficient (Wildman–Crippen LogP) is 1.30. The molecule has 0 aliphatic carbocycles. The van der Waals surface area contributed by atoms with E-state index in [1.165, 1.54) is 0 Å². The molecule has 58 valence electrons. The molecular formula is C7H6O4. The van der Waals surface area contributed by atoms with Crippen molar-refractivity contribution >= 4 is 6.16 Å². The molecule has 2 aliphatic heterocycles. The number of ether oxygens (including phenoxy) is 3. The number of hydrogen-bond acceptors (Lipinski definition) is 4. The second kappa shape index (κ2) is 2.02. The molecule has 0 atom stereocenters. The zero-order valence-corrected chi connectivity index (χ0v) is 5.87. The molecule has 0 bridgehead atoms. The van der Waals surface area contributed by atoms with Crippen LogP contribution in [0, 0.1) is 0 Å². The van der Waals surface area contributed by atoms with Crippen LogP contribution >= 0.6 is 0 Å². The SMILES string of the molecule is C/C=C/C1=C(C2OC(=O)O2)O1. The summed E-state index contributed by atoms with van der Waals surface area (Å²) >= 11 is 0. The van der Waals surface area contributed by atoms with E-state index in [0.29, 0.717) is 5.76 Å². The summed E-state index contributed by atoms with van der Waals surface area (Å²) in [6.07, 6.45) is 2.39. The van der Waals surface area contributed by atoms with Gasteiger partial charge in [0.15, 0.2) is 5.76 Å². The lowest BCUT2D eigenvalue weighted by Gasteiger charge is -2.20. The van der Waals surface area contributed by atoms with E-state index in [1.54, 1.807) is 6.08 Å². The quantitative estimate of drug-likeness (QED) is 0.562. The summed E-state index contributed by atoms with van der Waals surface area (Å²) in [6.45, 7) is 1.87. The molecule has 1 saturated heterocycles. The summed E-state index contributed by atoms with van der Waals surface area (Å²) in [6, 6.07) is 0. The van der Waals surface area contributed by atoms with Crippen LogP contribution in [-0.4, -0.2) is 12.4 Å². The predicted molar refractivity (Wildman–Crippen MR) is 34.3 cm³/mol. The second-order valence-corrected chi connectivity index (χ2v) is 2.15. The van der Waals surface area contributed by atoms with Crippen LogP contribution in [0.1, 0.15) is 6.92 Å². The highest BCUT2D eigenvalue weighted by Gasteiger charge is 2.44. The van der Waals surface area contributed by atoms with Crippen molar-refractivity contribution in [2.24, 2.45) is 0 Å². The van der Waals surface area contributed by atoms with Gasteiger partial charge in [0.1, 0.15) is 0 Å². The maximum atomic E-state index is 10.2. The third kappa shape index (κ3) is 0.960. The highest BCUT2D eigenvalue weighted by Crippen LogP contribution is 2.35. The van der Waals surface area contributed by atoms with Gasteiger partial charge in [0.2, 0.25) is 5.76 Å². The molecule has 0 N–H and O–H groups in total. The molecule has 4 nitrogen and oxygen atoms in total. The molecular weight excluding hydrogens is 148 g/mol. The molecule has 0 aromatic rings. The first-order valence-electron chi connectivity index (χ1n) is 3.23. The summed E-state index contributed by atoms with van der Waals surface area (Å²) in [5.74, 6) is 1.33. The Morgan fingerprint density at radius 2 is 2.18 bits per heavy atom. The van der Waals surface area contributed by atoms with E-state index in [1.807, 2.05) is 13.0 Å². The molecule has 0 aromatic carbocycles. The lowest BCUT2D eigenvalue weighted by atomic mass is 10.4. The van der Waals surface area contributed by atoms with Gasteiger partial charge in [0.05, 0.1) is 0 Å². The highest BCUT2D eigenvalue weighted by atomic mass is 16.9. The Kier molecular flexibility index (Phi) is 1.15. The molecule has 11 heavy (non-hydrogen) atoms. The van der Waals surface area contributed by atoms with Gasteiger partial charge in [0.25, 0.3) is 0 Å². The number of cyclic esters (lactones) is 2. The van der Waals surface area contributed by atoms with E-state index in [-0.39, 0.29) is 0 Å². The largest absolute Gasteiger partial charge is 0.515 e. The van der Waals surface area contributed by atoms with Crippen molar-refractivity contribution in [3.8, 4) is 0 Å². The molecule has 0 spiro atoms. The zero-order chi connectivity index (χ0) is 7.84. The van der Waals surface area contributed by atoms with Gasteiger partial charge in [-0.3, -0.25) is 0 Å². The average Bonchev–Trinajstić information content (AvgIpc) is 2.62. The Morgan fingerprint density at radius 3 is 2.73 bits per heavy atom. The van der Waals surface area contributed by atoms with Gasteiger partial charge in [-0.1, -0.05) is 6.08 Å². The van der Waals surface area contributed by atoms with Crippen LogP contribution in [0.2, 0.25) is 0 Å². The molecule has 2 aliphatic rings. The van der Waals surface area contributed by atoms with Crippen LogP contribution in [0.25, 0.3) is 0 Å². The molecule has 4 heteroatoms. The van der Waals surface area contributed by atoms with E-state index in [4.69, 9.17) is 4.74 Å². The van der Waals surface area contributed by atoms with Crippen molar-refractivity contribution in [3.05, 3.63) is 23.7 Å². The Morgan fingerprint density at radius 1 is 1.45 bits per heavy atom. The van der Waals surface area contributed by atoms with Gasteiger partial charge < -0.3 is 14.2 Å². The van der Waals surface area contributed by atoms with Crippen LogP contribution < -0.4 is 0 Å². The van der Waals surface area contributed by atoms with Crippen molar-refractivity contribution in [1.29, 1.82) is 0 Å². The first-order valence-corrected chi connectivity index (χ1v) is 3.23. The summed E-state index contributed by atoms with van der Waals surface area (Å²) in [5, 5.41) is 0. The average molecular weight is 154 g/mol. The standard InChI is InChI=1S/C7H6O4/c1-2-3-4-5(9-4)6-10-7(8)11-6/h2-3,6H,1H3/b3-2+. The molecule has 0 amide bonds. The normalized spacial score (nSPS) is 22.5. The molecule has 0 radical (unpaired) electrons. The van der Waals surface area contributed by atoms with Gasteiger partial charge in [0, 0.05) is 0 Å². The molecule has 2 rings (SSSR count). The maximum absolute atomic E-state index is 10.2. The summed E-state index contributed by atoms with van der Waals surface area (Å²) in [4.78, 5) is 10.2. The van der Waals surface area contributed by atoms with Crippen LogP contribution in [0.3, 0.4) is 0 Å². The fourth-order valence-corrected chi connectivity index (χ4v) is 0.815. The monoisotopic (exact) mass is 154 g/mol. The van der Waals surface area contributed by atoms with Gasteiger partial charge >= 0.3 is 12.4 Å². The van der Waals surface area contributed by atoms with E-state index < -0.39 is 12.4 Å². The minimum Gasteiger partial charge on any atom is -0.446 e. The molecule has 0 saturated carbocycles. The van der Waals surface area contributed by atoms with Gasteiger partial charge in [-0.15, -0.1) is 0 Å². The van der Waals surface area contributed by atoms with E-state index in [9.17, 15) is 4.79 Å². The Hall–Kier alpha value is -1.45. The van der Waals surface area contributed by atoms with Crippen LogP contribution in [-0.2, 0) is 14.2 Å². The summed E-state index contributed by atoms with van der Waals surface area (Å²) in [7, 11) is 0. The van der Waals surface area contributed by atoms with Crippen molar-refractivity contribution in [3.63, 3.8) is 0 Å². The molecule has 0 aromatic heterocycles. The molecule has 2 heterocycles. The lowest BCUT2D eigenvalue weighted by molar-refractivity contribution is -0.166. The zero-order valence-electron chi connectivity index (χ0n) is 5.87. The van der Waals surface area contributed by atoms with Crippen LogP contribution in [0.5, 0.6) is 0 Å². The van der Waals surface area contributed by atoms with Crippen molar-refractivity contribution in [1.82, 2.24) is 0 Å². The number of hydrogen-bond donors (Lipinski definition) is 0. The number of allylic oxidation sites excluding steroid dienone is 2. The van der Waals surface area contributed by atoms with Crippen LogP contribution in [0.4, 0.5) is 4.79 Å². The fourth-order valence-electron chi connectivity index (χ4n) is 0.815. The second-order valence-electron chi connectivity index (χ2n) is 2.15. The third-order valence-electron chi connectivity index (χ3n) is 1.36. The van der Waals surface area contributed by atoms with Crippen molar-refractivity contribution in [2.75, 3.05) is 0 Å². The molecule has 1 fully saturated rings. The van der Waals surface area contributed by atoms with Gasteiger partial charge in [-0.2, -0.15) is 0 Å². The minimum absolute atomic E-state index is 0.589. The summed E-state index contributed by atoms with van der Waals surface area (Å²) < 4.78 is 14.1. The van der Waals surface area contributed by atoms with Gasteiger partial charge in [-0.25, -0.2) is 4.79 Å². The van der Waals surface area contributed by atoms with Crippen molar-refractivity contribution < 1.29 is 19.0 Å². The Labute approximate surface area is 63.0 Å². The first-order chi connectivity index (χ1) is 5.31. The smallest absolute Gasteiger partial charge is 0.446 e. The highest BCUT2D eigenvalue weighted by molar-refractivity contribution is 5.65. The van der Waals surface area contributed by atoms with E-state index >= 15 is 0 Å². The van der Waals surface area contributed by atoms with E-state index in [0.717, 1.165) is 5.76 Å². The van der Waals surface area contributed by atoms with Crippen molar-refractivity contribution in [2.45, 2.75) is 13.2 Å². The van der Waals surface area contributed by atoms with Crippen LogP contribution in [0.15, 0.2) is 23.7 Å². The van der Waals surface area contributed by atoms with Gasteiger partial charge in [-0.05, 0) is 13.0 Å². The minimum atomic E-state index is -0.641. The number of carbonyl (C=O) groups is 1. The maximum Gasteiger partial charge on any atom is 0.515 e. The Balaban J connectivity index is 1.95. The topological polar surface area (TPSA) is 48.1 Å². The Bertz CT molecular complexity index is 256. The summed E-state index contributed by atoms with van der Waals surface area (Å²) in [5.41, 5.74) is 0. The number of carbonyl (C=O) groups excluding carboxylic acids is 1. The lowest BCUT2D eigenvalue weighted by Crippen LogP contribution is -2.34. The number of rotatable bonds is 2. The molecule has 0 unspecified atom stereocenters.